The Labute approximate surface area is 137 Å². The number of carbonyl (C=O) groups is 2. The number of benzene rings is 2. The van der Waals surface area contributed by atoms with Crippen LogP contribution in [0.15, 0.2) is 42.5 Å². The highest BCUT2D eigenvalue weighted by Crippen LogP contribution is 2.23. The molecular weight excluding hydrogens is 314 g/mol. The van der Waals surface area contributed by atoms with Gasteiger partial charge in [0, 0.05) is 22.9 Å². The molecule has 24 heavy (non-hydrogen) atoms. The fourth-order valence-corrected chi connectivity index (χ4v) is 1.97. The summed E-state index contributed by atoms with van der Waals surface area (Å²) in [5, 5.41) is 13.5. The summed E-state index contributed by atoms with van der Waals surface area (Å²) in [4.78, 5) is 33.4. The Morgan fingerprint density at radius 2 is 2.00 bits per heavy atom. The molecule has 0 aliphatic heterocycles. The van der Waals surface area contributed by atoms with Crippen molar-refractivity contribution < 1.29 is 19.2 Å². The van der Waals surface area contributed by atoms with E-state index in [2.05, 4.69) is 5.32 Å². The number of nitrogens with two attached hydrogens (primary N) is 1. The highest BCUT2D eigenvalue weighted by Gasteiger charge is 2.13. The molecule has 0 aromatic heterocycles. The van der Waals surface area contributed by atoms with Crippen LogP contribution in [0.25, 0.3) is 0 Å². The molecule has 0 unspecified atom stereocenters. The third-order valence-corrected chi connectivity index (χ3v) is 3.14. The lowest BCUT2D eigenvalue weighted by molar-refractivity contribution is -0.385. The maximum Gasteiger partial charge on any atom is 0.274 e. The van der Waals surface area contributed by atoms with Crippen LogP contribution in [0.4, 0.5) is 11.4 Å². The predicted molar refractivity (Wildman–Crippen MR) is 86.9 cm³/mol. The van der Waals surface area contributed by atoms with Gasteiger partial charge in [-0.05, 0) is 31.2 Å². The van der Waals surface area contributed by atoms with Crippen molar-refractivity contribution in [2.24, 2.45) is 5.73 Å². The summed E-state index contributed by atoms with van der Waals surface area (Å²) in [5.74, 6) is -0.772. The van der Waals surface area contributed by atoms with Gasteiger partial charge >= 0.3 is 0 Å². The van der Waals surface area contributed by atoms with Gasteiger partial charge in [-0.1, -0.05) is 12.1 Å². The number of hydrogen-bond donors (Lipinski definition) is 2. The van der Waals surface area contributed by atoms with Crippen LogP contribution >= 0.6 is 0 Å². The van der Waals surface area contributed by atoms with Crippen molar-refractivity contribution >= 4 is 23.2 Å². The van der Waals surface area contributed by atoms with Gasteiger partial charge in [0.15, 0.2) is 6.61 Å². The number of nitrogens with one attached hydrogen (secondary N) is 1. The molecule has 2 amide bonds. The smallest absolute Gasteiger partial charge is 0.274 e. The Morgan fingerprint density at radius 3 is 2.67 bits per heavy atom. The summed E-state index contributed by atoms with van der Waals surface area (Å²) < 4.78 is 5.13. The predicted octanol–water partition coefficient (Wildman–Crippen LogP) is 2.02. The van der Waals surface area contributed by atoms with Crippen LogP contribution in [0, 0.1) is 17.0 Å². The molecule has 8 heteroatoms. The molecule has 0 atom stereocenters. The molecule has 0 bridgehead atoms. The number of nitrogens with zero attached hydrogens (tertiary/aromatic N) is 1. The highest BCUT2D eigenvalue weighted by atomic mass is 16.6. The first-order valence-electron chi connectivity index (χ1n) is 6.94. The largest absolute Gasteiger partial charge is 0.484 e. The van der Waals surface area contributed by atoms with Crippen LogP contribution in [0.3, 0.4) is 0 Å². The molecule has 0 spiro atoms. The SMILES string of the molecule is Cc1ccc(NC(=O)c2cccc(OCC(N)=O)c2)cc1[N+](=O)[O-]. The summed E-state index contributed by atoms with van der Waals surface area (Å²) in [5.41, 5.74) is 6.00. The van der Waals surface area contributed by atoms with E-state index < -0.39 is 16.7 Å². The fourth-order valence-electron chi connectivity index (χ4n) is 1.97. The van der Waals surface area contributed by atoms with E-state index in [1.807, 2.05) is 0 Å². The van der Waals surface area contributed by atoms with Gasteiger partial charge in [-0.3, -0.25) is 19.7 Å². The number of ether oxygens (including phenoxy) is 1. The van der Waals surface area contributed by atoms with E-state index in [4.69, 9.17) is 10.5 Å². The zero-order valence-electron chi connectivity index (χ0n) is 12.8. The Morgan fingerprint density at radius 1 is 1.25 bits per heavy atom. The molecule has 0 heterocycles. The van der Waals surface area contributed by atoms with Crippen LogP contribution in [0.5, 0.6) is 5.75 Å². The third-order valence-electron chi connectivity index (χ3n) is 3.14. The average molecular weight is 329 g/mol. The number of anilines is 1. The highest BCUT2D eigenvalue weighted by molar-refractivity contribution is 6.04. The van der Waals surface area contributed by atoms with E-state index in [9.17, 15) is 19.7 Å². The first kappa shape index (κ1) is 16.9. The number of aryl methyl sites for hydroxylation is 1. The minimum absolute atomic E-state index is 0.0775. The van der Waals surface area contributed by atoms with E-state index in [1.165, 1.54) is 12.1 Å². The molecule has 0 saturated carbocycles. The van der Waals surface area contributed by atoms with Crippen LogP contribution in [-0.2, 0) is 4.79 Å². The second-order valence-corrected chi connectivity index (χ2v) is 5.00. The van der Waals surface area contributed by atoms with Gasteiger partial charge < -0.3 is 15.8 Å². The first-order valence-corrected chi connectivity index (χ1v) is 6.94. The number of primary amides is 1. The summed E-state index contributed by atoms with van der Waals surface area (Å²) in [7, 11) is 0. The minimum atomic E-state index is -0.628. The zero-order valence-corrected chi connectivity index (χ0v) is 12.8. The van der Waals surface area contributed by atoms with Crippen molar-refractivity contribution in [3.05, 3.63) is 63.7 Å². The summed E-state index contributed by atoms with van der Waals surface area (Å²) in [6.45, 7) is 1.32. The number of amides is 2. The maximum atomic E-state index is 12.2. The van der Waals surface area contributed by atoms with Crippen molar-refractivity contribution in [3.8, 4) is 5.75 Å². The third kappa shape index (κ3) is 4.29. The molecule has 2 aromatic carbocycles. The molecular formula is C16H15N3O5. The Bertz CT molecular complexity index is 804. The minimum Gasteiger partial charge on any atom is -0.484 e. The summed E-state index contributed by atoms with van der Waals surface area (Å²) in [6.07, 6.45) is 0. The van der Waals surface area contributed by atoms with Gasteiger partial charge in [0.25, 0.3) is 17.5 Å². The first-order chi connectivity index (χ1) is 11.4. The molecule has 3 N–H and O–H groups in total. The standard InChI is InChI=1S/C16H15N3O5/c1-10-5-6-12(8-14(10)19(22)23)18-16(21)11-3-2-4-13(7-11)24-9-15(17)20/h2-8H,9H2,1H3,(H2,17,20)(H,18,21). The van der Waals surface area contributed by atoms with E-state index >= 15 is 0 Å². The number of carbonyl (C=O) groups excluding carboxylic acids is 2. The normalized spacial score (nSPS) is 10.0. The van der Waals surface area contributed by atoms with Gasteiger partial charge in [-0.25, -0.2) is 0 Å². The molecule has 124 valence electrons. The van der Waals surface area contributed by atoms with Crippen molar-refractivity contribution in [1.82, 2.24) is 0 Å². The van der Waals surface area contributed by atoms with Gasteiger partial charge in [-0.2, -0.15) is 0 Å². The van der Waals surface area contributed by atoms with Gasteiger partial charge in [0.2, 0.25) is 0 Å². The summed E-state index contributed by atoms with van der Waals surface area (Å²) in [6, 6.07) is 10.6. The van der Waals surface area contributed by atoms with Gasteiger partial charge in [0.05, 0.1) is 4.92 Å². The molecule has 0 radical (unpaired) electrons. The van der Waals surface area contributed by atoms with Crippen molar-refractivity contribution in [3.63, 3.8) is 0 Å². The Kier molecular flexibility index (Phi) is 5.10. The molecule has 0 aliphatic carbocycles. The average Bonchev–Trinajstić information content (AvgIpc) is 2.54. The lowest BCUT2D eigenvalue weighted by Gasteiger charge is -2.08. The topological polar surface area (TPSA) is 125 Å². The lowest BCUT2D eigenvalue weighted by Crippen LogP contribution is -2.20. The fraction of sp³-hybridized carbons (Fsp3) is 0.125. The zero-order chi connectivity index (χ0) is 17.7. The van der Waals surface area contributed by atoms with Crippen molar-refractivity contribution in [2.75, 3.05) is 11.9 Å². The molecule has 0 fully saturated rings. The number of rotatable bonds is 6. The van der Waals surface area contributed by atoms with E-state index in [0.717, 1.165) is 0 Å². The Balaban J connectivity index is 2.15. The number of hydrogen-bond acceptors (Lipinski definition) is 5. The molecule has 0 saturated heterocycles. The molecule has 2 rings (SSSR count). The summed E-state index contributed by atoms with van der Waals surface area (Å²) >= 11 is 0. The van der Waals surface area contributed by atoms with Gasteiger partial charge in [0.1, 0.15) is 5.75 Å². The second-order valence-electron chi connectivity index (χ2n) is 5.00. The van der Waals surface area contributed by atoms with E-state index in [0.29, 0.717) is 17.0 Å². The van der Waals surface area contributed by atoms with E-state index in [1.54, 1.807) is 37.3 Å². The van der Waals surface area contributed by atoms with Crippen LogP contribution in [0.1, 0.15) is 15.9 Å². The van der Waals surface area contributed by atoms with E-state index in [-0.39, 0.29) is 17.9 Å². The Hall–Kier alpha value is -3.42. The number of nitro benzene ring substituents is 1. The lowest BCUT2D eigenvalue weighted by atomic mass is 10.1. The second kappa shape index (κ2) is 7.23. The monoisotopic (exact) mass is 329 g/mol. The maximum absolute atomic E-state index is 12.2. The molecule has 0 aliphatic rings. The van der Waals surface area contributed by atoms with Crippen molar-refractivity contribution in [1.29, 1.82) is 0 Å². The molecule has 8 nitrogen and oxygen atoms in total. The molecule has 2 aromatic rings. The number of nitro groups is 1. The van der Waals surface area contributed by atoms with Crippen LogP contribution in [-0.4, -0.2) is 23.3 Å². The quantitative estimate of drug-likeness (QED) is 0.619. The van der Waals surface area contributed by atoms with Crippen molar-refractivity contribution in [2.45, 2.75) is 6.92 Å². The van der Waals surface area contributed by atoms with Crippen LogP contribution in [0.2, 0.25) is 0 Å². The van der Waals surface area contributed by atoms with Crippen LogP contribution < -0.4 is 15.8 Å². The van der Waals surface area contributed by atoms with Gasteiger partial charge in [-0.15, -0.1) is 0 Å².